The van der Waals surface area contributed by atoms with E-state index in [2.05, 4.69) is 17.1 Å². The van der Waals surface area contributed by atoms with Crippen LogP contribution in [0.4, 0.5) is 13.2 Å². The Labute approximate surface area is 123 Å². The molecular weight excluding hydrogens is 285 g/mol. The lowest BCUT2D eigenvalue weighted by molar-refractivity contribution is -0.0330. The van der Waals surface area contributed by atoms with Gasteiger partial charge in [-0.1, -0.05) is 26.2 Å². The topological polar surface area (TPSA) is 15.3 Å². The molecule has 0 bridgehead atoms. The van der Waals surface area contributed by atoms with Gasteiger partial charge in [0.1, 0.15) is 0 Å². The van der Waals surface area contributed by atoms with Crippen molar-refractivity contribution >= 4 is 11.8 Å². The van der Waals surface area contributed by atoms with Gasteiger partial charge in [0, 0.05) is 37.0 Å². The van der Waals surface area contributed by atoms with Crippen molar-refractivity contribution in [1.29, 1.82) is 0 Å². The third-order valence-corrected chi connectivity index (χ3v) is 5.37. The van der Waals surface area contributed by atoms with Crippen molar-refractivity contribution in [2.45, 2.75) is 62.5 Å². The van der Waals surface area contributed by atoms with Gasteiger partial charge in [-0.25, -0.2) is 0 Å². The molecule has 0 aromatic rings. The van der Waals surface area contributed by atoms with Crippen LogP contribution in [0.5, 0.6) is 0 Å². The number of hydrogen-bond acceptors (Lipinski definition) is 3. The standard InChI is InChI=1S/C14H25F3N2S/c1-2-12-10-18-13(6-4-3-5-7-13)11-19(12)8-9-20-14(15,16)17/h12,18H,2-11H2,1H3. The maximum atomic E-state index is 12.3. The maximum absolute atomic E-state index is 12.3. The van der Waals surface area contributed by atoms with Gasteiger partial charge in [0.15, 0.2) is 0 Å². The summed E-state index contributed by atoms with van der Waals surface area (Å²) < 4.78 is 36.8. The molecule has 2 aliphatic rings. The number of rotatable bonds is 4. The van der Waals surface area contributed by atoms with Crippen LogP contribution in [0.15, 0.2) is 0 Å². The molecule has 1 heterocycles. The Morgan fingerprint density at radius 1 is 1.25 bits per heavy atom. The summed E-state index contributed by atoms with van der Waals surface area (Å²) in [7, 11) is 0. The molecule has 2 rings (SSSR count). The van der Waals surface area contributed by atoms with Gasteiger partial charge < -0.3 is 5.32 Å². The lowest BCUT2D eigenvalue weighted by Crippen LogP contribution is -2.64. The summed E-state index contributed by atoms with van der Waals surface area (Å²) >= 11 is 0.113. The van der Waals surface area contributed by atoms with E-state index in [0.717, 1.165) is 19.5 Å². The van der Waals surface area contributed by atoms with Crippen LogP contribution in [0.3, 0.4) is 0 Å². The number of halogens is 3. The summed E-state index contributed by atoms with van der Waals surface area (Å²) in [6.07, 6.45) is 7.13. The highest BCUT2D eigenvalue weighted by Crippen LogP contribution is 2.33. The zero-order valence-electron chi connectivity index (χ0n) is 12.1. The molecule has 1 unspecified atom stereocenters. The van der Waals surface area contributed by atoms with Gasteiger partial charge in [0.25, 0.3) is 0 Å². The van der Waals surface area contributed by atoms with Gasteiger partial charge in [-0.15, -0.1) is 0 Å². The first kappa shape index (κ1) is 16.4. The fourth-order valence-corrected chi connectivity index (χ4v) is 4.10. The molecule has 6 heteroatoms. The third kappa shape index (κ3) is 4.53. The second kappa shape index (κ2) is 6.88. The van der Waals surface area contributed by atoms with Gasteiger partial charge in [-0.05, 0) is 31.0 Å². The van der Waals surface area contributed by atoms with Crippen molar-refractivity contribution in [2.24, 2.45) is 0 Å². The molecule has 2 nitrogen and oxygen atoms in total. The Morgan fingerprint density at radius 2 is 1.95 bits per heavy atom. The third-order valence-electron chi connectivity index (χ3n) is 4.66. The largest absolute Gasteiger partial charge is 0.441 e. The summed E-state index contributed by atoms with van der Waals surface area (Å²) in [6, 6.07) is 0.386. The first-order chi connectivity index (χ1) is 9.44. The van der Waals surface area contributed by atoms with Gasteiger partial charge >= 0.3 is 5.51 Å². The first-order valence-electron chi connectivity index (χ1n) is 7.64. The molecule has 0 aromatic heterocycles. The molecule has 2 fully saturated rings. The summed E-state index contributed by atoms with van der Waals surface area (Å²) in [5.74, 6) is 0.149. The molecular formula is C14H25F3N2S. The molecule has 20 heavy (non-hydrogen) atoms. The van der Waals surface area contributed by atoms with Crippen molar-refractivity contribution in [3.8, 4) is 0 Å². The Bertz CT molecular complexity index is 303. The molecule has 1 saturated heterocycles. The van der Waals surface area contributed by atoms with Crippen LogP contribution >= 0.6 is 11.8 Å². The number of hydrogen-bond donors (Lipinski definition) is 1. The van der Waals surface area contributed by atoms with E-state index in [1.165, 1.54) is 32.1 Å². The minimum Gasteiger partial charge on any atom is -0.308 e. The average Bonchev–Trinajstić information content (AvgIpc) is 2.38. The van der Waals surface area contributed by atoms with E-state index in [-0.39, 0.29) is 23.1 Å². The van der Waals surface area contributed by atoms with Crippen LogP contribution < -0.4 is 5.32 Å². The van der Waals surface area contributed by atoms with Crippen LogP contribution in [-0.4, -0.2) is 47.4 Å². The molecule has 1 aliphatic carbocycles. The van der Waals surface area contributed by atoms with Crippen molar-refractivity contribution in [3.05, 3.63) is 0 Å². The summed E-state index contributed by atoms with van der Waals surface area (Å²) in [4.78, 5) is 2.29. The van der Waals surface area contributed by atoms with E-state index >= 15 is 0 Å². The quantitative estimate of drug-likeness (QED) is 0.854. The SMILES string of the molecule is CCC1CNC2(CCCCC2)CN1CCSC(F)(F)F. The summed E-state index contributed by atoms with van der Waals surface area (Å²) in [5.41, 5.74) is -3.93. The molecule has 1 spiro atoms. The van der Waals surface area contributed by atoms with Crippen molar-refractivity contribution in [3.63, 3.8) is 0 Å². The molecule has 1 aliphatic heterocycles. The van der Waals surface area contributed by atoms with Gasteiger partial charge in [-0.2, -0.15) is 13.2 Å². The van der Waals surface area contributed by atoms with Gasteiger partial charge in [0.2, 0.25) is 0 Å². The van der Waals surface area contributed by atoms with Crippen LogP contribution in [0.1, 0.15) is 45.4 Å². The van der Waals surface area contributed by atoms with Crippen LogP contribution in [0.2, 0.25) is 0 Å². The number of nitrogens with zero attached hydrogens (tertiary/aromatic N) is 1. The average molecular weight is 310 g/mol. The van der Waals surface area contributed by atoms with Crippen molar-refractivity contribution in [2.75, 3.05) is 25.4 Å². The monoisotopic (exact) mass is 310 g/mol. The minimum absolute atomic E-state index is 0.113. The highest BCUT2D eigenvalue weighted by atomic mass is 32.2. The molecule has 118 valence electrons. The summed E-state index contributed by atoms with van der Waals surface area (Å²) in [5, 5.41) is 3.70. The predicted molar refractivity (Wildman–Crippen MR) is 78.0 cm³/mol. The van der Waals surface area contributed by atoms with E-state index in [9.17, 15) is 13.2 Å². The number of alkyl halides is 3. The van der Waals surface area contributed by atoms with Crippen LogP contribution in [0, 0.1) is 0 Å². The number of thioether (sulfide) groups is 1. The smallest absolute Gasteiger partial charge is 0.308 e. The first-order valence-corrected chi connectivity index (χ1v) is 8.62. The van der Waals surface area contributed by atoms with Crippen molar-refractivity contribution < 1.29 is 13.2 Å². The molecule has 0 radical (unpaired) electrons. The number of nitrogens with one attached hydrogen (secondary N) is 1. The highest BCUT2D eigenvalue weighted by molar-refractivity contribution is 8.00. The Balaban J connectivity index is 1.89. The van der Waals surface area contributed by atoms with E-state index < -0.39 is 5.51 Å². The van der Waals surface area contributed by atoms with Crippen LogP contribution in [0.25, 0.3) is 0 Å². The van der Waals surface area contributed by atoms with Gasteiger partial charge in [0.05, 0.1) is 0 Å². The van der Waals surface area contributed by atoms with Gasteiger partial charge in [-0.3, -0.25) is 4.90 Å². The maximum Gasteiger partial charge on any atom is 0.441 e. The van der Waals surface area contributed by atoms with E-state index in [4.69, 9.17) is 0 Å². The lowest BCUT2D eigenvalue weighted by atomic mass is 9.79. The van der Waals surface area contributed by atoms with E-state index in [0.29, 0.717) is 12.6 Å². The van der Waals surface area contributed by atoms with E-state index in [1.54, 1.807) is 0 Å². The van der Waals surface area contributed by atoms with Crippen molar-refractivity contribution in [1.82, 2.24) is 10.2 Å². The fraction of sp³-hybridized carbons (Fsp3) is 1.00. The van der Waals surface area contributed by atoms with Crippen LogP contribution in [-0.2, 0) is 0 Å². The Kier molecular flexibility index (Phi) is 5.65. The predicted octanol–water partition coefficient (Wildman–Crippen LogP) is 3.63. The minimum atomic E-state index is -4.10. The molecule has 1 saturated carbocycles. The molecule has 0 aromatic carbocycles. The molecule has 0 amide bonds. The Morgan fingerprint density at radius 3 is 2.55 bits per heavy atom. The second-order valence-electron chi connectivity index (χ2n) is 6.05. The van der Waals surface area contributed by atoms with E-state index in [1.807, 2.05) is 0 Å². The molecule has 1 atom stereocenters. The molecule has 1 N–H and O–H groups in total. The lowest BCUT2D eigenvalue weighted by Gasteiger charge is -2.49. The normalized spacial score (nSPS) is 27.9. The number of piperazine rings is 1. The zero-order chi connectivity index (χ0) is 14.6. The summed E-state index contributed by atoms with van der Waals surface area (Å²) in [6.45, 7) is 4.51. The zero-order valence-corrected chi connectivity index (χ0v) is 13.0. The second-order valence-corrected chi connectivity index (χ2v) is 7.21. The Hall–Kier alpha value is 0.0600. The fourth-order valence-electron chi connectivity index (χ4n) is 3.54. The highest BCUT2D eigenvalue weighted by Gasteiger charge is 2.39.